The lowest BCUT2D eigenvalue weighted by Crippen LogP contribution is -2.47. The molecule has 0 unspecified atom stereocenters. The molecule has 1 aliphatic rings. The molecule has 0 atom stereocenters. The number of nitrogen functional groups attached to an aromatic ring is 1. The van der Waals surface area contributed by atoms with E-state index in [0.29, 0.717) is 11.4 Å². The maximum absolute atomic E-state index is 11.7. The van der Waals surface area contributed by atoms with E-state index in [9.17, 15) is 4.79 Å². The third-order valence-corrected chi connectivity index (χ3v) is 2.78. The van der Waals surface area contributed by atoms with E-state index >= 15 is 0 Å². The molecule has 5 heteroatoms. The summed E-state index contributed by atoms with van der Waals surface area (Å²) in [6.45, 7) is 0. The molecule has 0 saturated heterocycles. The van der Waals surface area contributed by atoms with Crippen LogP contribution in [0.5, 0.6) is 0 Å². The van der Waals surface area contributed by atoms with Crippen molar-refractivity contribution in [2.24, 2.45) is 0 Å². The normalized spacial score (nSPS) is 23.6. The highest BCUT2D eigenvalue weighted by molar-refractivity contribution is 5.93. The number of aromatic nitrogens is 1. The average Bonchev–Trinajstić information content (AvgIpc) is 2.22. The van der Waals surface area contributed by atoms with Gasteiger partial charge >= 0.3 is 0 Å². The van der Waals surface area contributed by atoms with Crippen molar-refractivity contribution < 1.29 is 9.53 Å². The monoisotopic (exact) mass is 221 g/mol. The van der Waals surface area contributed by atoms with E-state index in [-0.39, 0.29) is 18.1 Å². The van der Waals surface area contributed by atoms with Gasteiger partial charge in [-0.2, -0.15) is 0 Å². The third-order valence-electron chi connectivity index (χ3n) is 2.78. The molecular weight excluding hydrogens is 206 g/mol. The predicted octanol–water partition coefficient (Wildman–Crippen LogP) is 0.571. The van der Waals surface area contributed by atoms with Crippen LogP contribution in [0.1, 0.15) is 23.3 Å². The first-order valence-corrected chi connectivity index (χ1v) is 5.24. The van der Waals surface area contributed by atoms with E-state index in [1.165, 1.54) is 6.20 Å². The first-order valence-electron chi connectivity index (χ1n) is 5.24. The summed E-state index contributed by atoms with van der Waals surface area (Å²) in [4.78, 5) is 15.7. The van der Waals surface area contributed by atoms with E-state index in [0.717, 1.165) is 12.8 Å². The largest absolute Gasteiger partial charge is 0.399 e. The van der Waals surface area contributed by atoms with Gasteiger partial charge in [0.2, 0.25) is 0 Å². The number of hydrogen-bond acceptors (Lipinski definition) is 4. The fourth-order valence-corrected chi connectivity index (χ4v) is 1.71. The van der Waals surface area contributed by atoms with Crippen molar-refractivity contribution in [3.8, 4) is 0 Å². The second-order valence-electron chi connectivity index (χ2n) is 3.97. The highest BCUT2D eigenvalue weighted by Gasteiger charge is 2.30. The molecule has 1 heterocycles. The van der Waals surface area contributed by atoms with Gasteiger partial charge in [-0.05, 0) is 25.0 Å². The first kappa shape index (κ1) is 10.9. The Kier molecular flexibility index (Phi) is 3.05. The Labute approximate surface area is 94.0 Å². The molecule has 16 heavy (non-hydrogen) atoms. The van der Waals surface area contributed by atoms with Gasteiger partial charge in [-0.3, -0.25) is 9.78 Å². The van der Waals surface area contributed by atoms with Crippen LogP contribution in [0.3, 0.4) is 0 Å². The Hall–Kier alpha value is -1.62. The summed E-state index contributed by atoms with van der Waals surface area (Å²) in [5, 5.41) is 2.89. The van der Waals surface area contributed by atoms with Crippen molar-refractivity contribution in [1.82, 2.24) is 10.3 Å². The Balaban J connectivity index is 1.89. The number of nitrogens with two attached hydrogens (primary N) is 1. The van der Waals surface area contributed by atoms with E-state index in [1.807, 2.05) is 0 Å². The molecule has 5 nitrogen and oxygen atoms in total. The van der Waals surface area contributed by atoms with Crippen LogP contribution in [0, 0.1) is 0 Å². The quantitative estimate of drug-likeness (QED) is 0.782. The molecule has 0 bridgehead atoms. The van der Waals surface area contributed by atoms with Gasteiger partial charge in [-0.1, -0.05) is 0 Å². The summed E-state index contributed by atoms with van der Waals surface area (Å²) in [7, 11) is 1.68. The number of amides is 1. The summed E-state index contributed by atoms with van der Waals surface area (Å²) >= 11 is 0. The Morgan fingerprint density at radius 2 is 2.38 bits per heavy atom. The summed E-state index contributed by atoms with van der Waals surface area (Å²) < 4.78 is 5.14. The molecule has 86 valence electrons. The molecule has 3 N–H and O–H groups in total. The zero-order valence-corrected chi connectivity index (χ0v) is 9.14. The van der Waals surface area contributed by atoms with E-state index in [4.69, 9.17) is 10.5 Å². The molecule has 1 aromatic heterocycles. The molecular formula is C11H15N3O2. The third kappa shape index (κ3) is 2.30. The maximum Gasteiger partial charge on any atom is 0.270 e. The lowest BCUT2D eigenvalue weighted by atomic mass is 9.89. The number of anilines is 1. The zero-order chi connectivity index (χ0) is 11.5. The molecule has 0 aliphatic heterocycles. The highest BCUT2D eigenvalue weighted by atomic mass is 16.5. The highest BCUT2D eigenvalue weighted by Crippen LogP contribution is 2.22. The molecule has 1 saturated carbocycles. The van der Waals surface area contributed by atoms with Crippen molar-refractivity contribution in [3.63, 3.8) is 0 Å². The SMILES string of the molecule is COC1CC(NC(=O)c2cc(N)ccn2)C1. The number of carbonyl (C=O) groups is 1. The van der Waals surface area contributed by atoms with Gasteiger partial charge in [0.15, 0.2) is 0 Å². The molecule has 1 fully saturated rings. The van der Waals surface area contributed by atoms with Crippen LogP contribution in [0.2, 0.25) is 0 Å². The maximum atomic E-state index is 11.7. The lowest BCUT2D eigenvalue weighted by molar-refractivity contribution is 0.0175. The Bertz CT molecular complexity index is 389. The van der Waals surface area contributed by atoms with Crippen LogP contribution in [0.4, 0.5) is 5.69 Å². The molecule has 0 radical (unpaired) electrons. The van der Waals surface area contributed by atoms with Crippen LogP contribution in [0.15, 0.2) is 18.3 Å². The molecule has 0 spiro atoms. The van der Waals surface area contributed by atoms with Crippen molar-refractivity contribution >= 4 is 11.6 Å². The Morgan fingerprint density at radius 1 is 1.62 bits per heavy atom. The van der Waals surface area contributed by atoms with E-state index in [1.54, 1.807) is 19.2 Å². The van der Waals surface area contributed by atoms with Crippen molar-refractivity contribution in [2.75, 3.05) is 12.8 Å². The van der Waals surface area contributed by atoms with Crippen LogP contribution in [0.25, 0.3) is 0 Å². The topological polar surface area (TPSA) is 77.2 Å². The van der Waals surface area contributed by atoms with Gasteiger partial charge in [0.25, 0.3) is 5.91 Å². The molecule has 1 aromatic rings. The summed E-state index contributed by atoms with van der Waals surface area (Å²) in [6, 6.07) is 3.42. The fourth-order valence-electron chi connectivity index (χ4n) is 1.71. The van der Waals surface area contributed by atoms with Crippen molar-refractivity contribution in [1.29, 1.82) is 0 Å². The van der Waals surface area contributed by atoms with Gasteiger partial charge in [0.05, 0.1) is 6.10 Å². The lowest BCUT2D eigenvalue weighted by Gasteiger charge is -2.34. The van der Waals surface area contributed by atoms with Gasteiger partial charge in [0, 0.05) is 25.0 Å². The zero-order valence-electron chi connectivity index (χ0n) is 9.14. The van der Waals surface area contributed by atoms with E-state index < -0.39 is 0 Å². The number of hydrogen-bond donors (Lipinski definition) is 2. The smallest absolute Gasteiger partial charge is 0.270 e. The molecule has 1 aliphatic carbocycles. The molecule has 0 aromatic carbocycles. The fraction of sp³-hybridized carbons (Fsp3) is 0.455. The van der Waals surface area contributed by atoms with E-state index in [2.05, 4.69) is 10.3 Å². The number of ether oxygens (including phenoxy) is 1. The number of rotatable bonds is 3. The summed E-state index contributed by atoms with van der Waals surface area (Å²) in [6.07, 6.45) is 3.54. The van der Waals surface area contributed by atoms with Gasteiger partial charge in [0.1, 0.15) is 5.69 Å². The number of nitrogens with one attached hydrogen (secondary N) is 1. The summed E-state index contributed by atoms with van der Waals surface area (Å²) in [5.74, 6) is -0.174. The van der Waals surface area contributed by atoms with Crippen LogP contribution >= 0.6 is 0 Å². The first-order chi connectivity index (χ1) is 7.69. The van der Waals surface area contributed by atoms with Crippen LogP contribution in [-0.2, 0) is 4.74 Å². The minimum absolute atomic E-state index is 0.174. The summed E-state index contributed by atoms with van der Waals surface area (Å²) in [5.41, 5.74) is 6.48. The van der Waals surface area contributed by atoms with Gasteiger partial charge in [-0.15, -0.1) is 0 Å². The van der Waals surface area contributed by atoms with Gasteiger partial charge in [-0.25, -0.2) is 0 Å². The number of pyridine rings is 1. The minimum atomic E-state index is -0.174. The number of methoxy groups -OCH3 is 1. The van der Waals surface area contributed by atoms with Crippen LogP contribution < -0.4 is 11.1 Å². The molecule has 1 amide bonds. The minimum Gasteiger partial charge on any atom is -0.399 e. The second-order valence-corrected chi connectivity index (χ2v) is 3.97. The van der Waals surface area contributed by atoms with Crippen molar-refractivity contribution in [3.05, 3.63) is 24.0 Å². The standard InChI is InChI=1S/C11H15N3O2/c1-16-9-5-8(6-9)14-11(15)10-4-7(12)2-3-13-10/h2-4,8-9H,5-6H2,1H3,(H2,12,13)(H,14,15). The predicted molar refractivity (Wildman–Crippen MR) is 59.9 cm³/mol. The Morgan fingerprint density at radius 3 is 3.00 bits per heavy atom. The molecule has 2 rings (SSSR count). The van der Waals surface area contributed by atoms with Gasteiger partial charge < -0.3 is 15.8 Å². The average molecular weight is 221 g/mol. The number of nitrogens with zero attached hydrogens (tertiary/aromatic N) is 1. The number of carbonyl (C=O) groups excluding carboxylic acids is 1. The van der Waals surface area contributed by atoms with Crippen LogP contribution in [-0.4, -0.2) is 30.1 Å². The second kappa shape index (κ2) is 4.49. The van der Waals surface area contributed by atoms with Crippen molar-refractivity contribution in [2.45, 2.75) is 25.0 Å².